The van der Waals surface area contributed by atoms with Crippen LogP contribution < -0.4 is 10.9 Å². The molecule has 31 heavy (non-hydrogen) atoms. The Morgan fingerprint density at radius 1 is 0.935 bits per heavy atom. The molecule has 0 fully saturated rings. The fourth-order valence-electron chi connectivity index (χ4n) is 3.67. The van der Waals surface area contributed by atoms with Crippen LogP contribution in [0.5, 0.6) is 0 Å². The Bertz CT molecular complexity index is 1450. The van der Waals surface area contributed by atoms with Gasteiger partial charge in [0.2, 0.25) is 0 Å². The summed E-state index contributed by atoms with van der Waals surface area (Å²) in [7, 11) is 0. The number of carbonyl (C=O) groups is 1. The predicted octanol–water partition coefficient (Wildman–Crippen LogP) is 3.82. The number of hydrogen-bond acceptors (Lipinski definition) is 3. The molecule has 0 aliphatic rings. The van der Waals surface area contributed by atoms with Crippen LogP contribution in [0.4, 0.5) is 0 Å². The minimum atomic E-state index is -0.300. The van der Waals surface area contributed by atoms with Crippen molar-refractivity contribution >= 4 is 22.2 Å². The van der Waals surface area contributed by atoms with E-state index in [1.54, 1.807) is 6.20 Å². The molecule has 0 atom stereocenters. The van der Waals surface area contributed by atoms with E-state index >= 15 is 0 Å². The van der Waals surface area contributed by atoms with E-state index in [1.165, 1.54) is 10.6 Å². The highest BCUT2D eigenvalue weighted by Gasteiger charge is 2.14. The number of fused-ring (bicyclic) bond motifs is 2. The highest BCUT2D eigenvalue weighted by Crippen LogP contribution is 2.22. The van der Waals surface area contributed by atoms with Crippen LogP contribution in [0.2, 0.25) is 0 Å². The Morgan fingerprint density at radius 2 is 1.71 bits per heavy atom. The zero-order valence-electron chi connectivity index (χ0n) is 16.7. The second-order valence-corrected chi connectivity index (χ2v) is 7.41. The molecule has 0 saturated heterocycles. The maximum Gasteiger partial charge on any atom is 0.274 e. The number of aromatic amines is 1. The van der Waals surface area contributed by atoms with Crippen molar-refractivity contribution in [1.29, 1.82) is 0 Å². The molecular formula is C25H20N4O2. The number of benzene rings is 3. The molecule has 1 amide bonds. The van der Waals surface area contributed by atoms with Crippen LogP contribution in [0.25, 0.3) is 27.5 Å². The lowest BCUT2D eigenvalue weighted by atomic mass is 10.1. The van der Waals surface area contributed by atoms with Crippen molar-refractivity contribution in [3.8, 4) is 11.3 Å². The number of carbonyl (C=O) groups excluding carboxylic acids is 1. The molecule has 2 N–H and O–H groups in total. The first-order valence-corrected chi connectivity index (χ1v) is 10.1. The van der Waals surface area contributed by atoms with Crippen LogP contribution in [0, 0.1) is 0 Å². The third-order valence-corrected chi connectivity index (χ3v) is 5.30. The van der Waals surface area contributed by atoms with Gasteiger partial charge in [0.25, 0.3) is 11.5 Å². The molecule has 0 unspecified atom stereocenters. The summed E-state index contributed by atoms with van der Waals surface area (Å²) < 4.78 is 1.47. The molecule has 0 aliphatic carbocycles. The molecule has 3 aromatic carbocycles. The van der Waals surface area contributed by atoms with Gasteiger partial charge in [-0.2, -0.15) is 5.10 Å². The highest BCUT2D eigenvalue weighted by molar-refractivity contribution is 5.93. The lowest BCUT2D eigenvalue weighted by molar-refractivity contribution is 0.0949. The minimum absolute atomic E-state index is 0.217. The van der Waals surface area contributed by atoms with Crippen LogP contribution in [0.15, 0.2) is 89.9 Å². The van der Waals surface area contributed by atoms with Gasteiger partial charge in [-0.05, 0) is 28.8 Å². The van der Waals surface area contributed by atoms with Crippen LogP contribution in [0.1, 0.15) is 16.1 Å². The SMILES string of the molecule is O=C(NCCc1ccccc1)c1cc2c(=O)[nH]c(-c3ccc4ccccc4c3)cn2n1. The molecule has 0 bridgehead atoms. The summed E-state index contributed by atoms with van der Waals surface area (Å²) in [6.07, 6.45) is 2.47. The molecule has 152 valence electrons. The topological polar surface area (TPSA) is 79.3 Å². The summed E-state index contributed by atoms with van der Waals surface area (Å²) in [6, 6.07) is 25.5. The summed E-state index contributed by atoms with van der Waals surface area (Å²) in [6.45, 7) is 0.495. The van der Waals surface area contributed by atoms with Crippen molar-refractivity contribution in [3.63, 3.8) is 0 Å². The summed E-state index contributed by atoms with van der Waals surface area (Å²) in [5.41, 5.74) is 2.92. The second-order valence-electron chi connectivity index (χ2n) is 7.41. The fraction of sp³-hybridized carbons (Fsp3) is 0.0800. The van der Waals surface area contributed by atoms with E-state index < -0.39 is 0 Å². The lowest BCUT2D eigenvalue weighted by Crippen LogP contribution is -2.26. The first-order valence-electron chi connectivity index (χ1n) is 10.1. The van der Waals surface area contributed by atoms with Crippen LogP contribution in [-0.2, 0) is 6.42 Å². The van der Waals surface area contributed by atoms with E-state index in [1.807, 2.05) is 72.8 Å². The number of nitrogens with one attached hydrogen (secondary N) is 2. The highest BCUT2D eigenvalue weighted by atomic mass is 16.2. The van der Waals surface area contributed by atoms with Crippen molar-refractivity contribution in [1.82, 2.24) is 19.9 Å². The van der Waals surface area contributed by atoms with Crippen molar-refractivity contribution in [3.05, 3.63) is 107 Å². The van der Waals surface area contributed by atoms with E-state index in [4.69, 9.17) is 0 Å². The van der Waals surface area contributed by atoms with Gasteiger partial charge in [0.15, 0.2) is 5.69 Å². The maximum absolute atomic E-state index is 12.6. The number of aromatic nitrogens is 3. The van der Waals surface area contributed by atoms with Crippen LogP contribution >= 0.6 is 0 Å². The van der Waals surface area contributed by atoms with Crippen LogP contribution in [-0.4, -0.2) is 27.0 Å². The average Bonchev–Trinajstić information content (AvgIpc) is 3.24. The lowest BCUT2D eigenvalue weighted by Gasteiger charge is -2.05. The maximum atomic E-state index is 12.6. The molecule has 0 spiro atoms. The van der Waals surface area contributed by atoms with E-state index in [0.29, 0.717) is 17.8 Å². The van der Waals surface area contributed by atoms with Gasteiger partial charge in [-0.25, -0.2) is 4.52 Å². The zero-order valence-corrected chi connectivity index (χ0v) is 16.7. The van der Waals surface area contributed by atoms with Crippen LogP contribution in [0.3, 0.4) is 0 Å². The Hall–Kier alpha value is -4.19. The third kappa shape index (κ3) is 3.83. The molecule has 0 aliphatic heterocycles. The molecule has 2 aromatic heterocycles. The van der Waals surface area contributed by atoms with Crippen molar-refractivity contribution in [2.24, 2.45) is 0 Å². The molecule has 0 saturated carbocycles. The first-order chi connectivity index (χ1) is 15.2. The minimum Gasteiger partial charge on any atom is -0.350 e. The van der Waals surface area contributed by atoms with Gasteiger partial charge in [-0.1, -0.05) is 66.7 Å². The summed E-state index contributed by atoms with van der Waals surface area (Å²) in [4.78, 5) is 28.0. The summed E-state index contributed by atoms with van der Waals surface area (Å²) >= 11 is 0. The third-order valence-electron chi connectivity index (χ3n) is 5.30. The average molecular weight is 408 g/mol. The normalized spacial score (nSPS) is 11.1. The van der Waals surface area contributed by atoms with Gasteiger partial charge in [0.05, 0.1) is 11.9 Å². The van der Waals surface area contributed by atoms with Gasteiger partial charge in [-0.3, -0.25) is 9.59 Å². The monoisotopic (exact) mass is 408 g/mol. The molecule has 6 nitrogen and oxygen atoms in total. The summed E-state index contributed by atoms with van der Waals surface area (Å²) in [5, 5.41) is 9.41. The van der Waals surface area contributed by atoms with E-state index in [2.05, 4.69) is 15.4 Å². The Kier molecular flexibility index (Phi) is 4.80. The number of H-pyrrole nitrogens is 1. The smallest absolute Gasteiger partial charge is 0.274 e. The zero-order chi connectivity index (χ0) is 21.2. The van der Waals surface area contributed by atoms with Crippen molar-refractivity contribution < 1.29 is 4.79 Å². The standard InChI is InChI=1S/C25H20N4O2/c30-24(26-13-12-17-6-2-1-3-7-17)21-15-23-25(31)27-22(16-29(23)28-21)20-11-10-18-8-4-5-9-19(18)14-20/h1-11,14-16H,12-13H2,(H,26,30)(H,27,31). The molecule has 5 rings (SSSR count). The number of nitrogens with zero attached hydrogens (tertiary/aromatic N) is 2. The molecule has 5 aromatic rings. The predicted molar refractivity (Wildman–Crippen MR) is 121 cm³/mol. The Morgan fingerprint density at radius 3 is 2.55 bits per heavy atom. The molecule has 0 radical (unpaired) electrons. The largest absolute Gasteiger partial charge is 0.350 e. The number of amides is 1. The van der Waals surface area contributed by atoms with E-state index in [-0.39, 0.29) is 17.2 Å². The van der Waals surface area contributed by atoms with Gasteiger partial charge < -0.3 is 10.3 Å². The molecule has 2 heterocycles. The Balaban J connectivity index is 1.39. The molecule has 6 heteroatoms. The molecular weight excluding hydrogens is 388 g/mol. The first kappa shape index (κ1) is 18.8. The summed E-state index contributed by atoms with van der Waals surface area (Å²) in [5.74, 6) is -0.300. The van der Waals surface area contributed by atoms with Crippen molar-refractivity contribution in [2.45, 2.75) is 6.42 Å². The van der Waals surface area contributed by atoms with E-state index in [0.717, 1.165) is 28.3 Å². The van der Waals surface area contributed by atoms with E-state index in [9.17, 15) is 9.59 Å². The second kappa shape index (κ2) is 7.91. The van der Waals surface area contributed by atoms with Gasteiger partial charge in [-0.15, -0.1) is 0 Å². The van der Waals surface area contributed by atoms with Gasteiger partial charge in [0.1, 0.15) is 5.52 Å². The number of hydrogen-bond donors (Lipinski definition) is 2. The van der Waals surface area contributed by atoms with Gasteiger partial charge in [0, 0.05) is 18.2 Å². The Labute approximate surface area is 178 Å². The van der Waals surface area contributed by atoms with Gasteiger partial charge >= 0.3 is 0 Å². The number of rotatable bonds is 5. The van der Waals surface area contributed by atoms with Crippen molar-refractivity contribution in [2.75, 3.05) is 6.54 Å². The fourth-order valence-corrected chi connectivity index (χ4v) is 3.67. The quantitative estimate of drug-likeness (QED) is 0.464.